The molecule has 0 saturated heterocycles. The Labute approximate surface area is 86.6 Å². The number of rotatable bonds is 2. The van der Waals surface area contributed by atoms with Crippen LogP contribution in [-0.4, -0.2) is 17.5 Å². The van der Waals surface area contributed by atoms with E-state index in [0.29, 0.717) is 5.41 Å². The minimum absolute atomic E-state index is 0.230. The highest BCUT2D eigenvalue weighted by Gasteiger charge is 2.60. The summed E-state index contributed by atoms with van der Waals surface area (Å²) in [7, 11) is 0. The molecule has 1 N–H and O–H groups in total. The van der Waals surface area contributed by atoms with Crippen LogP contribution in [0.15, 0.2) is 0 Å². The first-order valence-electron chi connectivity index (χ1n) is 5.70. The predicted molar refractivity (Wildman–Crippen MR) is 55.8 cm³/mol. The lowest BCUT2D eigenvalue weighted by Crippen LogP contribution is -2.44. The Morgan fingerprint density at radius 2 is 2.00 bits per heavy atom. The van der Waals surface area contributed by atoms with Gasteiger partial charge in [0.05, 0.1) is 6.10 Å². The first-order chi connectivity index (χ1) is 6.36. The Hall–Kier alpha value is -0.0800. The summed E-state index contributed by atoms with van der Waals surface area (Å²) >= 11 is 0. The van der Waals surface area contributed by atoms with Crippen LogP contribution in [0.5, 0.6) is 0 Å². The zero-order valence-electron chi connectivity index (χ0n) is 9.71. The van der Waals surface area contributed by atoms with E-state index in [0.717, 1.165) is 5.92 Å². The second-order valence-electron chi connectivity index (χ2n) is 6.03. The Morgan fingerprint density at radius 1 is 1.36 bits per heavy atom. The normalized spacial score (nSPS) is 46.9. The molecule has 2 aliphatic rings. The van der Waals surface area contributed by atoms with Crippen molar-refractivity contribution in [2.24, 2.45) is 16.7 Å². The zero-order chi connectivity index (χ0) is 10.6. The lowest BCUT2D eigenvalue weighted by Gasteiger charge is -2.42. The van der Waals surface area contributed by atoms with E-state index in [1.54, 1.807) is 6.92 Å². The molecule has 2 rings (SSSR count). The molecule has 0 heterocycles. The van der Waals surface area contributed by atoms with Crippen molar-refractivity contribution in [1.29, 1.82) is 0 Å². The van der Waals surface area contributed by atoms with Crippen molar-refractivity contribution >= 4 is 0 Å². The number of fused-ring (bicyclic) bond motifs is 2. The molecule has 0 spiro atoms. The van der Waals surface area contributed by atoms with Crippen molar-refractivity contribution in [2.75, 3.05) is 0 Å². The van der Waals surface area contributed by atoms with E-state index in [2.05, 4.69) is 20.8 Å². The summed E-state index contributed by atoms with van der Waals surface area (Å²) < 4.78 is 5.72. The molecule has 2 heteroatoms. The van der Waals surface area contributed by atoms with Crippen LogP contribution in [0, 0.1) is 16.7 Å². The van der Waals surface area contributed by atoms with Gasteiger partial charge >= 0.3 is 0 Å². The molecule has 82 valence electrons. The Morgan fingerprint density at radius 3 is 2.43 bits per heavy atom. The van der Waals surface area contributed by atoms with E-state index in [1.165, 1.54) is 19.3 Å². The van der Waals surface area contributed by atoms with Crippen LogP contribution >= 0.6 is 0 Å². The zero-order valence-corrected chi connectivity index (χ0v) is 9.71. The second kappa shape index (κ2) is 2.96. The first kappa shape index (κ1) is 10.4. The quantitative estimate of drug-likeness (QED) is 0.691. The van der Waals surface area contributed by atoms with E-state index in [-0.39, 0.29) is 11.5 Å². The molecule has 4 unspecified atom stereocenters. The standard InChI is InChI=1S/C12H22O2/c1-8(13)14-10-11(2,3)9-5-6-12(10,4)7-9/h8-10,13H,5-7H2,1-4H3. The van der Waals surface area contributed by atoms with Crippen molar-refractivity contribution in [3.8, 4) is 0 Å². The molecule has 2 saturated carbocycles. The van der Waals surface area contributed by atoms with Crippen molar-refractivity contribution < 1.29 is 9.84 Å². The van der Waals surface area contributed by atoms with Crippen LogP contribution in [0.3, 0.4) is 0 Å². The Kier molecular flexibility index (Phi) is 2.20. The summed E-state index contributed by atoms with van der Waals surface area (Å²) in [5.74, 6) is 0.788. The average molecular weight is 198 g/mol. The fourth-order valence-corrected chi connectivity index (χ4v) is 3.79. The van der Waals surface area contributed by atoms with Gasteiger partial charge in [0.1, 0.15) is 0 Å². The van der Waals surface area contributed by atoms with Crippen molar-refractivity contribution in [2.45, 2.75) is 59.4 Å². The van der Waals surface area contributed by atoms with Gasteiger partial charge in [0, 0.05) is 0 Å². The highest BCUT2D eigenvalue weighted by Crippen LogP contribution is 2.63. The molecule has 4 atom stereocenters. The van der Waals surface area contributed by atoms with E-state index >= 15 is 0 Å². The third-order valence-electron chi connectivity index (χ3n) is 4.47. The summed E-state index contributed by atoms with van der Waals surface area (Å²) in [5.41, 5.74) is 0.551. The molecule has 0 aromatic heterocycles. The second-order valence-corrected chi connectivity index (χ2v) is 6.03. The number of ether oxygens (including phenoxy) is 1. The number of hydrogen-bond donors (Lipinski definition) is 1. The minimum atomic E-state index is -0.629. The lowest BCUT2D eigenvalue weighted by molar-refractivity contribution is -0.188. The van der Waals surface area contributed by atoms with Gasteiger partial charge in [0.15, 0.2) is 6.29 Å². The maximum absolute atomic E-state index is 9.37. The molecular weight excluding hydrogens is 176 g/mol. The fraction of sp³-hybridized carbons (Fsp3) is 1.00. The third kappa shape index (κ3) is 1.31. The molecule has 0 aromatic carbocycles. The van der Waals surface area contributed by atoms with Crippen LogP contribution in [0.1, 0.15) is 47.0 Å². The van der Waals surface area contributed by atoms with E-state index < -0.39 is 6.29 Å². The Bertz CT molecular complexity index is 230. The Balaban J connectivity index is 2.21. The van der Waals surface area contributed by atoms with Gasteiger partial charge in [-0.2, -0.15) is 0 Å². The number of aliphatic hydroxyl groups is 1. The highest BCUT2D eigenvalue weighted by atomic mass is 16.6. The van der Waals surface area contributed by atoms with Crippen LogP contribution in [-0.2, 0) is 4.74 Å². The molecule has 0 amide bonds. The predicted octanol–water partition coefficient (Wildman–Crippen LogP) is 2.56. The van der Waals surface area contributed by atoms with E-state index in [9.17, 15) is 5.11 Å². The SMILES string of the molecule is CC(O)OC1C2(C)CCC(C2)C1(C)C. The summed E-state index contributed by atoms with van der Waals surface area (Å²) in [6.45, 7) is 8.60. The van der Waals surface area contributed by atoms with Gasteiger partial charge in [0.25, 0.3) is 0 Å². The van der Waals surface area contributed by atoms with Gasteiger partial charge in [-0.1, -0.05) is 20.8 Å². The number of hydrogen-bond acceptors (Lipinski definition) is 2. The van der Waals surface area contributed by atoms with Crippen LogP contribution in [0.2, 0.25) is 0 Å². The van der Waals surface area contributed by atoms with E-state index in [1.807, 2.05) is 0 Å². The molecule has 14 heavy (non-hydrogen) atoms. The summed E-state index contributed by atoms with van der Waals surface area (Å²) in [6.07, 6.45) is 3.48. The van der Waals surface area contributed by atoms with Gasteiger partial charge < -0.3 is 9.84 Å². The maximum atomic E-state index is 9.37. The van der Waals surface area contributed by atoms with Gasteiger partial charge in [-0.25, -0.2) is 0 Å². The molecule has 0 aliphatic heterocycles. The average Bonchev–Trinajstić information content (AvgIpc) is 2.49. The fourth-order valence-electron chi connectivity index (χ4n) is 3.79. The molecule has 0 radical (unpaired) electrons. The minimum Gasteiger partial charge on any atom is -0.368 e. The van der Waals surface area contributed by atoms with Crippen LogP contribution in [0.25, 0.3) is 0 Å². The molecule has 0 aromatic rings. The van der Waals surface area contributed by atoms with Crippen LogP contribution in [0.4, 0.5) is 0 Å². The van der Waals surface area contributed by atoms with Crippen LogP contribution < -0.4 is 0 Å². The smallest absolute Gasteiger partial charge is 0.152 e. The van der Waals surface area contributed by atoms with Crippen molar-refractivity contribution in [3.05, 3.63) is 0 Å². The monoisotopic (exact) mass is 198 g/mol. The third-order valence-corrected chi connectivity index (χ3v) is 4.47. The summed E-state index contributed by atoms with van der Waals surface area (Å²) in [6, 6.07) is 0. The largest absolute Gasteiger partial charge is 0.368 e. The van der Waals surface area contributed by atoms with Gasteiger partial charge in [-0.05, 0) is 42.9 Å². The van der Waals surface area contributed by atoms with E-state index in [4.69, 9.17) is 4.74 Å². The topological polar surface area (TPSA) is 29.5 Å². The molecular formula is C12H22O2. The highest BCUT2D eigenvalue weighted by molar-refractivity contribution is 5.09. The first-order valence-corrected chi connectivity index (χ1v) is 5.70. The van der Waals surface area contributed by atoms with Crippen molar-refractivity contribution in [1.82, 2.24) is 0 Å². The lowest BCUT2D eigenvalue weighted by atomic mass is 9.70. The summed E-state index contributed by atoms with van der Waals surface area (Å²) in [5, 5.41) is 9.37. The number of aliphatic hydroxyl groups excluding tert-OH is 1. The molecule has 2 aliphatic carbocycles. The summed E-state index contributed by atoms with van der Waals surface area (Å²) in [4.78, 5) is 0. The molecule has 2 bridgehead atoms. The van der Waals surface area contributed by atoms with Gasteiger partial charge in [-0.3, -0.25) is 0 Å². The van der Waals surface area contributed by atoms with Gasteiger partial charge in [0.2, 0.25) is 0 Å². The molecule has 2 nitrogen and oxygen atoms in total. The maximum Gasteiger partial charge on any atom is 0.152 e. The molecule has 2 fully saturated rings. The van der Waals surface area contributed by atoms with Gasteiger partial charge in [-0.15, -0.1) is 0 Å². The van der Waals surface area contributed by atoms with Crippen molar-refractivity contribution in [3.63, 3.8) is 0 Å².